The Balaban J connectivity index is 1.63. The van der Waals surface area contributed by atoms with Gasteiger partial charge in [-0.3, -0.25) is 9.69 Å². The van der Waals surface area contributed by atoms with Gasteiger partial charge in [-0.05, 0) is 68.3 Å². The van der Waals surface area contributed by atoms with Crippen molar-refractivity contribution in [3.63, 3.8) is 0 Å². The van der Waals surface area contributed by atoms with Crippen LogP contribution in [0.2, 0.25) is 10.2 Å². The Morgan fingerprint density at radius 1 is 1.21 bits per heavy atom. The number of likely N-dealkylation sites (tertiary alicyclic amines) is 1. The number of benzene rings is 1. The molecule has 1 aliphatic heterocycles. The van der Waals surface area contributed by atoms with Crippen LogP contribution in [0.3, 0.4) is 0 Å². The normalized spacial score (nSPS) is 15.4. The highest BCUT2D eigenvalue weighted by Crippen LogP contribution is 2.23. The molecule has 1 fully saturated rings. The van der Waals surface area contributed by atoms with Gasteiger partial charge in [-0.25, -0.2) is 4.98 Å². The first-order valence-electron chi connectivity index (χ1n) is 11.7. The highest BCUT2D eigenvalue weighted by atomic mass is 35.5. The van der Waals surface area contributed by atoms with Crippen molar-refractivity contribution in [2.75, 3.05) is 26.2 Å². The first kappa shape index (κ1) is 26.0. The van der Waals surface area contributed by atoms with Crippen LogP contribution < -0.4 is 10.1 Å². The van der Waals surface area contributed by atoms with E-state index in [1.807, 2.05) is 37.3 Å². The van der Waals surface area contributed by atoms with E-state index in [0.29, 0.717) is 11.6 Å². The maximum Gasteiger partial charge on any atom is 0.262 e. The van der Waals surface area contributed by atoms with Crippen molar-refractivity contribution in [2.24, 2.45) is 0 Å². The van der Waals surface area contributed by atoms with E-state index in [2.05, 4.69) is 15.2 Å². The average Bonchev–Trinajstić information content (AvgIpc) is 2.85. The summed E-state index contributed by atoms with van der Waals surface area (Å²) in [5, 5.41) is 13.0. The van der Waals surface area contributed by atoms with Crippen LogP contribution >= 0.6 is 23.2 Å². The minimum absolute atomic E-state index is 0.0876. The van der Waals surface area contributed by atoms with Gasteiger partial charge in [0.15, 0.2) is 0 Å². The number of nitrogens with one attached hydrogen (secondary N) is 1. The number of ether oxygens (including phenoxy) is 1. The molecule has 0 aliphatic carbocycles. The van der Waals surface area contributed by atoms with E-state index in [0.717, 1.165) is 43.8 Å². The minimum atomic E-state index is -0.486. The third kappa shape index (κ3) is 7.73. The molecule has 0 bridgehead atoms. The summed E-state index contributed by atoms with van der Waals surface area (Å²) >= 11 is 12.0. The van der Waals surface area contributed by atoms with Crippen LogP contribution in [0.4, 0.5) is 0 Å². The number of halogens is 2. The van der Waals surface area contributed by atoms with Crippen LogP contribution in [-0.2, 0) is 4.79 Å². The Morgan fingerprint density at radius 2 is 1.94 bits per heavy atom. The van der Waals surface area contributed by atoms with Gasteiger partial charge in [0.2, 0.25) is 0 Å². The van der Waals surface area contributed by atoms with Crippen LogP contribution in [0.25, 0.3) is 6.08 Å². The molecule has 1 aromatic heterocycles. The number of hydrogen-bond acceptors (Lipinski definition) is 5. The van der Waals surface area contributed by atoms with E-state index in [1.54, 1.807) is 12.1 Å². The van der Waals surface area contributed by atoms with Crippen LogP contribution in [0.5, 0.6) is 5.75 Å². The molecule has 6 nitrogen and oxygen atoms in total. The summed E-state index contributed by atoms with van der Waals surface area (Å²) in [6.45, 7) is 5.95. The highest BCUT2D eigenvalue weighted by Gasteiger charge is 2.18. The third-order valence-corrected chi connectivity index (χ3v) is 6.31. The number of carbonyl (C=O) groups excluding carboxylic acids is 1. The number of aromatic nitrogens is 1. The summed E-state index contributed by atoms with van der Waals surface area (Å²) in [6.07, 6.45) is 6.81. The molecular formula is C26H30Cl2N4O2. The van der Waals surface area contributed by atoms with Crippen molar-refractivity contribution < 1.29 is 9.53 Å². The van der Waals surface area contributed by atoms with E-state index in [-0.39, 0.29) is 22.5 Å². The van der Waals surface area contributed by atoms with E-state index in [1.165, 1.54) is 25.3 Å². The molecule has 2 heterocycles. The predicted molar refractivity (Wildman–Crippen MR) is 136 cm³/mol. The zero-order valence-electron chi connectivity index (χ0n) is 19.4. The molecule has 3 rings (SSSR count). The molecule has 1 amide bonds. The first-order chi connectivity index (χ1) is 16.5. The smallest absolute Gasteiger partial charge is 0.262 e. The van der Waals surface area contributed by atoms with Gasteiger partial charge in [0.1, 0.15) is 29.2 Å². The lowest BCUT2D eigenvalue weighted by Crippen LogP contribution is -2.33. The van der Waals surface area contributed by atoms with Crippen molar-refractivity contribution in [2.45, 2.75) is 45.1 Å². The van der Waals surface area contributed by atoms with Crippen LogP contribution in [0.15, 0.2) is 42.0 Å². The van der Waals surface area contributed by atoms with Gasteiger partial charge in [-0.2, -0.15) is 5.26 Å². The molecule has 180 valence electrons. The SMILES string of the molecule is CCCC(NC(=O)/C(C#N)=C/c1nc(Cl)ccc1Cl)c1ccc(OCCN2CCCCC2)cc1. The molecule has 1 N–H and O–H groups in total. The van der Waals surface area contributed by atoms with Gasteiger partial charge in [-0.15, -0.1) is 0 Å². The van der Waals surface area contributed by atoms with Gasteiger partial charge < -0.3 is 10.1 Å². The molecular weight excluding hydrogens is 471 g/mol. The van der Waals surface area contributed by atoms with E-state index in [9.17, 15) is 10.1 Å². The van der Waals surface area contributed by atoms with Crippen molar-refractivity contribution >= 4 is 35.2 Å². The van der Waals surface area contributed by atoms with E-state index >= 15 is 0 Å². The molecule has 8 heteroatoms. The molecule has 1 aromatic carbocycles. The average molecular weight is 501 g/mol. The van der Waals surface area contributed by atoms with Crippen molar-refractivity contribution in [3.05, 3.63) is 63.4 Å². The number of amides is 1. The quantitative estimate of drug-likeness (QED) is 0.252. The standard InChI is InChI=1S/C26H30Cl2N4O2/c1-2-6-23(31-26(33)20(18-29)17-24-22(27)11-12-25(28)30-24)19-7-9-21(10-8-19)34-16-15-32-13-4-3-5-14-32/h7-12,17,23H,2-6,13-16H2,1H3,(H,31,33)/b20-17+. The van der Waals surface area contributed by atoms with Gasteiger partial charge >= 0.3 is 0 Å². The second-order valence-corrected chi connectivity index (χ2v) is 9.10. The number of pyridine rings is 1. The lowest BCUT2D eigenvalue weighted by atomic mass is 10.0. The Labute approximate surface area is 211 Å². The van der Waals surface area contributed by atoms with Gasteiger partial charge in [0.25, 0.3) is 5.91 Å². The van der Waals surface area contributed by atoms with Crippen LogP contribution in [0, 0.1) is 11.3 Å². The molecule has 1 unspecified atom stereocenters. The summed E-state index contributed by atoms with van der Waals surface area (Å²) < 4.78 is 5.92. The first-order valence-corrected chi connectivity index (χ1v) is 12.5. The second-order valence-electron chi connectivity index (χ2n) is 8.31. The van der Waals surface area contributed by atoms with Crippen molar-refractivity contribution in [1.29, 1.82) is 5.26 Å². The third-order valence-electron chi connectivity index (χ3n) is 5.78. The molecule has 0 radical (unpaired) electrons. The fourth-order valence-electron chi connectivity index (χ4n) is 3.94. The summed E-state index contributed by atoms with van der Waals surface area (Å²) in [5.74, 6) is 0.322. The van der Waals surface area contributed by atoms with Gasteiger partial charge in [-0.1, -0.05) is 55.1 Å². The zero-order chi connectivity index (χ0) is 24.3. The summed E-state index contributed by atoms with van der Waals surface area (Å²) in [6, 6.07) is 12.6. The Morgan fingerprint density at radius 3 is 2.62 bits per heavy atom. The van der Waals surface area contributed by atoms with Crippen molar-refractivity contribution in [3.8, 4) is 11.8 Å². The maximum atomic E-state index is 12.9. The van der Waals surface area contributed by atoms with E-state index < -0.39 is 5.91 Å². The number of nitriles is 1. The van der Waals surface area contributed by atoms with Crippen molar-refractivity contribution in [1.82, 2.24) is 15.2 Å². The number of nitrogens with zero attached hydrogens (tertiary/aromatic N) is 3. The zero-order valence-corrected chi connectivity index (χ0v) is 20.9. The fraction of sp³-hybridized carbons (Fsp3) is 0.423. The van der Waals surface area contributed by atoms with Crippen LogP contribution in [0.1, 0.15) is 56.3 Å². The number of carbonyl (C=O) groups is 1. The molecule has 1 aliphatic rings. The van der Waals surface area contributed by atoms with E-state index in [4.69, 9.17) is 27.9 Å². The number of piperidine rings is 1. The maximum absolute atomic E-state index is 12.9. The fourth-order valence-corrected chi connectivity index (χ4v) is 4.25. The van der Waals surface area contributed by atoms with Gasteiger partial charge in [0, 0.05) is 6.54 Å². The highest BCUT2D eigenvalue weighted by molar-refractivity contribution is 6.33. The summed E-state index contributed by atoms with van der Waals surface area (Å²) in [7, 11) is 0. The number of rotatable bonds is 10. The van der Waals surface area contributed by atoms with Gasteiger partial charge in [0.05, 0.1) is 16.8 Å². The monoisotopic (exact) mass is 500 g/mol. The lowest BCUT2D eigenvalue weighted by Gasteiger charge is -2.26. The molecule has 0 saturated carbocycles. The number of hydrogen-bond donors (Lipinski definition) is 1. The molecule has 1 saturated heterocycles. The summed E-state index contributed by atoms with van der Waals surface area (Å²) in [4.78, 5) is 19.4. The molecule has 0 spiro atoms. The van der Waals surface area contributed by atoms with Crippen LogP contribution in [-0.4, -0.2) is 42.0 Å². The molecule has 34 heavy (non-hydrogen) atoms. The molecule has 2 aromatic rings. The second kappa shape index (κ2) is 13.3. The topological polar surface area (TPSA) is 78.2 Å². The Kier molecular flexibility index (Phi) is 10.2. The lowest BCUT2D eigenvalue weighted by molar-refractivity contribution is -0.117. The Bertz CT molecular complexity index is 1030. The summed E-state index contributed by atoms with van der Waals surface area (Å²) in [5.41, 5.74) is 1.14. The predicted octanol–water partition coefficient (Wildman–Crippen LogP) is 5.82. The largest absolute Gasteiger partial charge is 0.492 e. The molecule has 1 atom stereocenters. The Hall–Kier alpha value is -2.59. The minimum Gasteiger partial charge on any atom is -0.492 e.